The highest BCUT2D eigenvalue weighted by Gasteiger charge is 2.34. The number of carbonyl (C=O) groups excluding carboxylic acids is 2. The zero-order chi connectivity index (χ0) is 18.1. The van der Waals surface area contributed by atoms with Crippen LogP contribution in [0.3, 0.4) is 0 Å². The number of nitrogens with zero attached hydrogens (tertiary/aromatic N) is 2. The molecule has 0 saturated carbocycles. The van der Waals surface area contributed by atoms with Gasteiger partial charge in [0, 0.05) is 56.6 Å². The summed E-state index contributed by atoms with van der Waals surface area (Å²) >= 11 is 0. The van der Waals surface area contributed by atoms with Crippen LogP contribution >= 0.6 is 0 Å². The van der Waals surface area contributed by atoms with Crippen molar-refractivity contribution in [2.24, 2.45) is 0 Å². The van der Waals surface area contributed by atoms with Crippen molar-refractivity contribution in [2.45, 2.75) is 46.1 Å². The Bertz CT molecular complexity index is 659. The molecule has 3 heterocycles. The topological polar surface area (TPSA) is 68.4 Å². The molecule has 0 aliphatic carbocycles. The molecule has 2 fully saturated rings. The third-order valence-electron chi connectivity index (χ3n) is 5.49. The first-order valence-electron chi connectivity index (χ1n) is 9.37. The minimum atomic E-state index is 0.0246. The number of ketones is 1. The summed E-state index contributed by atoms with van der Waals surface area (Å²) in [5.41, 5.74) is 2.98. The van der Waals surface area contributed by atoms with E-state index >= 15 is 0 Å². The molecule has 2 saturated heterocycles. The van der Waals surface area contributed by atoms with Crippen LogP contribution in [0.25, 0.3) is 0 Å². The summed E-state index contributed by atoms with van der Waals surface area (Å²) in [5.74, 6) is 0.197. The number of aromatic amines is 1. The predicted octanol–water partition coefficient (Wildman–Crippen LogP) is 1.77. The minimum Gasteiger partial charge on any atom is -0.354 e. The number of aryl methyl sites for hydroxylation is 1. The van der Waals surface area contributed by atoms with Gasteiger partial charge in [-0.15, -0.1) is 0 Å². The van der Waals surface area contributed by atoms with Crippen LogP contribution < -0.4 is 5.32 Å². The first-order chi connectivity index (χ1) is 11.9. The van der Waals surface area contributed by atoms with Crippen LogP contribution in [-0.2, 0) is 0 Å². The SMILES string of the molecule is CC(=O)c1c(C)[nH]c(C(=O)N2CCC(N3CCNCC3)C2)c1C(C)C. The zero-order valence-corrected chi connectivity index (χ0v) is 15.8. The van der Waals surface area contributed by atoms with Gasteiger partial charge in [-0.25, -0.2) is 0 Å². The fourth-order valence-electron chi connectivity index (χ4n) is 4.27. The number of rotatable bonds is 4. The van der Waals surface area contributed by atoms with Crippen molar-refractivity contribution in [2.75, 3.05) is 39.3 Å². The summed E-state index contributed by atoms with van der Waals surface area (Å²) in [4.78, 5) is 32.8. The van der Waals surface area contributed by atoms with E-state index in [1.165, 1.54) is 0 Å². The molecule has 1 amide bonds. The fourth-order valence-corrected chi connectivity index (χ4v) is 4.27. The molecule has 25 heavy (non-hydrogen) atoms. The molecule has 2 aliphatic rings. The maximum Gasteiger partial charge on any atom is 0.270 e. The number of hydrogen-bond acceptors (Lipinski definition) is 4. The molecular weight excluding hydrogens is 316 g/mol. The number of H-pyrrole nitrogens is 1. The number of hydrogen-bond donors (Lipinski definition) is 2. The maximum atomic E-state index is 13.1. The van der Waals surface area contributed by atoms with E-state index in [1.54, 1.807) is 6.92 Å². The van der Waals surface area contributed by atoms with Crippen LogP contribution in [0.2, 0.25) is 0 Å². The molecule has 2 N–H and O–H groups in total. The number of carbonyl (C=O) groups is 2. The third-order valence-corrected chi connectivity index (χ3v) is 5.49. The largest absolute Gasteiger partial charge is 0.354 e. The van der Waals surface area contributed by atoms with Crippen molar-refractivity contribution in [3.63, 3.8) is 0 Å². The summed E-state index contributed by atoms with van der Waals surface area (Å²) in [6.07, 6.45) is 1.03. The van der Waals surface area contributed by atoms with Crippen molar-refractivity contribution in [1.29, 1.82) is 0 Å². The highest BCUT2D eigenvalue weighted by atomic mass is 16.2. The van der Waals surface area contributed by atoms with Gasteiger partial charge in [0.05, 0.1) is 0 Å². The standard InChI is InChI=1S/C19H30N4O2/c1-12(2)16-17(14(4)24)13(3)21-18(16)19(25)23-8-5-15(11-23)22-9-6-20-7-10-22/h12,15,20-21H,5-11H2,1-4H3. The average molecular weight is 346 g/mol. The lowest BCUT2D eigenvalue weighted by atomic mass is 9.95. The fraction of sp³-hybridized carbons (Fsp3) is 0.684. The van der Waals surface area contributed by atoms with E-state index in [4.69, 9.17) is 0 Å². The maximum absolute atomic E-state index is 13.1. The van der Waals surface area contributed by atoms with Gasteiger partial charge in [-0.05, 0) is 31.7 Å². The van der Waals surface area contributed by atoms with E-state index in [2.05, 4.69) is 15.2 Å². The van der Waals surface area contributed by atoms with Gasteiger partial charge in [-0.2, -0.15) is 0 Å². The Morgan fingerprint density at radius 3 is 2.44 bits per heavy atom. The van der Waals surface area contributed by atoms with Crippen molar-refractivity contribution < 1.29 is 9.59 Å². The van der Waals surface area contributed by atoms with Gasteiger partial charge in [0.15, 0.2) is 5.78 Å². The van der Waals surface area contributed by atoms with Gasteiger partial charge in [-0.3, -0.25) is 14.5 Å². The summed E-state index contributed by atoms with van der Waals surface area (Å²) in [7, 11) is 0. The summed E-state index contributed by atoms with van der Waals surface area (Å²) in [6.45, 7) is 13.3. The van der Waals surface area contributed by atoms with Gasteiger partial charge in [0.1, 0.15) is 5.69 Å². The van der Waals surface area contributed by atoms with E-state index in [0.717, 1.165) is 56.9 Å². The van der Waals surface area contributed by atoms with Crippen LogP contribution in [-0.4, -0.2) is 71.8 Å². The summed E-state index contributed by atoms with van der Waals surface area (Å²) in [5, 5.41) is 3.38. The highest BCUT2D eigenvalue weighted by molar-refractivity contribution is 6.03. The quantitative estimate of drug-likeness (QED) is 0.816. The van der Waals surface area contributed by atoms with E-state index in [-0.39, 0.29) is 17.6 Å². The first-order valence-corrected chi connectivity index (χ1v) is 9.37. The van der Waals surface area contributed by atoms with Crippen LogP contribution in [0.15, 0.2) is 0 Å². The van der Waals surface area contributed by atoms with Crippen LogP contribution in [0.5, 0.6) is 0 Å². The molecule has 0 radical (unpaired) electrons. The monoisotopic (exact) mass is 346 g/mol. The number of piperazine rings is 1. The molecule has 3 rings (SSSR count). The highest BCUT2D eigenvalue weighted by Crippen LogP contribution is 2.29. The summed E-state index contributed by atoms with van der Waals surface area (Å²) in [6, 6.07) is 0.455. The van der Waals surface area contributed by atoms with E-state index in [9.17, 15) is 9.59 Å². The van der Waals surface area contributed by atoms with E-state index in [0.29, 0.717) is 17.3 Å². The second-order valence-corrected chi connectivity index (χ2v) is 7.60. The normalized spacial score (nSPS) is 22.0. The number of Topliss-reactive ketones (excluding diaryl/α,β-unsaturated/α-hetero) is 1. The molecule has 6 nitrogen and oxygen atoms in total. The van der Waals surface area contributed by atoms with Crippen LogP contribution in [0, 0.1) is 6.92 Å². The van der Waals surface area contributed by atoms with Crippen molar-refractivity contribution >= 4 is 11.7 Å². The van der Waals surface area contributed by atoms with E-state index < -0.39 is 0 Å². The first kappa shape index (κ1) is 18.1. The molecule has 138 valence electrons. The number of amides is 1. The molecule has 1 aromatic heterocycles. The van der Waals surface area contributed by atoms with E-state index in [1.807, 2.05) is 25.7 Å². The Hall–Kier alpha value is -1.66. The van der Waals surface area contributed by atoms with Gasteiger partial charge in [0.2, 0.25) is 0 Å². The molecule has 2 aliphatic heterocycles. The van der Waals surface area contributed by atoms with Gasteiger partial charge in [0.25, 0.3) is 5.91 Å². The molecule has 0 bridgehead atoms. The second kappa shape index (κ2) is 7.30. The lowest BCUT2D eigenvalue weighted by Gasteiger charge is -2.32. The summed E-state index contributed by atoms with van der Waals surface area (Å²) < 4.78 is 0. The molecule has 1 unspecified atom stereocenters. The van der Waals surface area contributed by atoms with Gasteiger partial charge >= 0.3 is 0 Å². The minimum absolute atomic E-state index is 0.0246. The predicted molar refractivity (Wildman–Crippen MR) is 98.4 cm³/mol. The number of likely N-dealkylation sites (tertiary alicyclic amines) is 1. The smallest absolute Gasteiger partial charge is 0.270 e. The van der Waals surface area contributed by atoms with Crippen molar-refractivity contribution in [3.8, 4) is 0 Å². The van der Waals surface area contributed by atoms with Crippen molar-refractivity contribution in [3.05, 3.63) is 22.5 Å². The molecule has 0 spiro atoms. The van der Waals surface area contributed by atoms with Gasteiger partial charge in [-0.1, -0.05) is 13.8 Å². The Labute approximate surface area is 149 Å². The Balaban J connectivity index is 1.80. The third kappa shape index (κ3) is 3.51. The number of aromatic nitrogens is 1. The van der Waals surface area contributed by atoms with Crippen molar-refractivity contribution in [1.82, 2.24) is 20.1 Å². The Kier molecular flexibility index (Phi) is 5.29. The molecule has 1 aromatic rings. The second-order valence-electron chi connectivity index (χ2n) is 7.60. The average Bonchev–Trinajstić information content (AvgIpc) is 3.19. The zero-order valence-electron chi connectivity index (χ0n) is 15.8. The molecule has 1 atom stereocenters. The lowest BCUT2D eigenvalue weighted by molar-refractivity contribution is 0.0766. The Morgan fingerprint density at radius 1 is 1.16 bits per heavy atom. The molecule has 0 aromatic carbocycles. The van der Waals surface area contributed by atoms with Crippen LogP contribution in [0.1, 0.15) is 65.2 Å². The van der Waals surface area contributed by atoms with Gasteiger partial charge < -0.3 is 15.2 Å². The molecular formula is C19H30N4O2. The lowest BCUT2D eigenvalue weighted by Crippen LogP contribution is -2.49. The Morgan fingerprint density at radius 2 is 1.84 bits per heavy atom. The number of nitrogens with one attached hydrogen (secondary N) is 2. The van der Waals surface area contributed by atoms with Crippen LogP contribution in [0.4, 0.5) is 0 Å². The molecule has 6 heteroatoms.